The summed E-state index contributed by atoms with van der Waals surface area (Å²) in [6.45, 7) is 1.31. The second-order valence-electron chi connectivity index (χ2n) is 6.43. The molecule has 0 fully saturated rings. The Hall–Kier alpha value is -3.07. The van der Waals surface area contributed by atoms with E-state index in [0.29, 0.717) is 22.8 Å². The molecule has 2 aromatic carbocycles. The second kappa shape index (κ2) is 7.51. The van der Waals surface area contributed by atoms with Gasteiger partial charge in [0.1, 0.15) is 18.3 Å². The highest BCUT2D eigenvalue weighted by Gasteiger charge is 2.35. The number of carbonyl (C=O) groups excluding carboxylic acids is 2. The van der Waals surface area contributed by atoms with E-state index in [1.165, 1.54) is 18.9 Å². The topological polar surface area (TPSA) is 96.0 Å². The van der Waals surface area contributed by atoms with Crippen LogP contribution in [0.4, 0.5) is 17.1 Å². The number of nitrogens with zero attached hydrogens (tertiary/aromatic N) is 2. The second-order valence-corrected chi connectivity index (χ2v) is 8.29. The molecule has 2 amide bonds. The minimum atomic E-state index is -3.79. The van der Waals surface area contributed by atoms with Gasteiger partial charge in [0.05, 0.1) is 30.4 Å². The van der Waals surface area contributed by atoms with Gasteiger partial charge in [0.25, 0.3) is 5.91 Å². The summed E-state index contributed by atoms with van der Waals surface area (Å²) in [6.07, 6.45) is 1.03. The fraction of sp³-hybridized carbons (Fsp3) is 0.263. The summed E-state index contributed by atoms with van der Waals surface area (Å²) in [4.78, 5) is 26.6. The number of ether oxygens (including phenoxy) is 1. The number of hydrogen-bond acceptors (Lipinski definition) is 5. The minimum Gasteiger partial charge on any atom is -0.497 e. The Balaban J connectivity index is 2.01. The molecule has 1 aliphatic rings. The van der Waals surface area contributed by atoms with Crippen LogP contribution in [0.1, 0.15) is 6.92 Å². The number of nitrogens with one attached hydrogen (secondary N) is 1. The average molecular weight is 403 g/mol. The summed E-state index contributed by atoms with van der Waals surface area (Å²) in [5, 5.41) is 2.71. The number of amides is 2. The molecule has 1 unspecified atom stereocenters. The zero-order valence-corrected chi connectivity index (χ0v) is 16.6. The number of para-hydroxylation sites is 2. The van der Waals surface area contributed by atoms with Crippen molar-refractivity contribution < 1.29 is 22.7 Å². The highest BCUT2D eigenvalue weighted by molar-refractivity contribution is 7.92. The molecule has 148 valence electrons. The summed E-state index contributed by atoms with van der Waals surface area (Å²) < 4.78 is 31.2. The van der Waals surface area contributed by atoms with Crippen LogP contribution in [0.3, 0.4) is 0 Å². The molecule has 0 radical (unpaired) electrons. The van der Waals surface area contributed by atoms with Gasteiger partial charge in [-0.25, -0.2) is 8.42 Å². The van der Waals surface area contributed by atoms with Crippen molar-refractivity contribution in [3.8, 4) is 5.75 Å². The first kappa shape index (κ1) is 19.7. The SMILES string of the molecule is COc1cccc(N(C(C)C(=O)N2CC(=O)Nc3ccccc32)S(C)(=O)=O)c1. The maximum Gasteiger partial charge on any atom is 0.251 e. The molecule has 1 heterocycles. The average Bonchev–Trinajstić information content (AvgIpc) is 2.65. The monoisotopic (exact) mass is 403 g/mol. The Labute approximate surface area is 163 Å². The van der Waals surface area contributed by atoms with Gasteiger partial charge in [-0.2, -0.15) is 0 Å². The van der Waals surface area contributed by atoms with Crippen LogP contribution in [0.25, 0.3) is 0 Å². The molecule has 2 aromatic rings. The third kappa shape index (κ3) is 3.79. The van der Waals surface area contributed by atoms with Crippen LogP contribution < -0.4 is 19.3 Å². The lowest BCUT2D eigenvalue weighted by molar-refractivity contribution is -0.122. The summed E-state index contributed by atoms with van der Waals surface area (Å²) in [5.41, 5.74) is 1.34. The van der Waals surface area contributed by atoms with Crippen LogP contribution in [0.15, 0.2) is 48.5 Å². The maximum absolute atomic E-state index is 13.2. The van der Waals surface area contributed by atoms with E-state index in [1.54, 1.807) is 48.5 Å². The standard InChI is InChI=1S/C19H21N3O5S/c1-13(22(28(3,25)26)14-7-6-8-15(11-14)27-2)19(24)21-12-18(23)20-16-9-4-5-10-17(16)21/h4-11,13H,12H2,1-3H3,(H,20,23). The van der Waals surface area contributed by atoms with E-state index in [2.05, 4.69) is 5.32 Å². The molecule has 1 N–H and O–H groups in total. The van der Waals surface area contributed by atoms with Crippen molar-refractivity contribution >= 4 is 38.9 Å². The third-order valence-electron chi connectivity index (χ3n) is 4.41. The molecule has 0 saturated carbocycles. The quantitative estimate of drug-likeness (QED) is 0.822. The van der Waals surface area contributed by atoms with E-state index in [-0.39, 0.29) is 12.5 Å². The molecule has 28 heavy (non-hydrogen) atoms. The van der Waals surface area contributed by atoms with Gasteiger partial charge in [-0.3, -0.25) is 18.8 Å². The fourth-order valence-electron chi connectivity index (χ4n) is 3.21. The smallest absolute Gasteiger partial charge is 0.251 e. The Morgan fingerprint density at radius 2 is 1.93 bits per heavy atom. The summed E-state index contributed by atoms with van der Waals surface area (Å²) in [6, 6.07) is 12.3. The van der Waals surface area contributed by atoms with Gasteiger partial charge < -0.3 is 10.1 Å². The van der Waals surface area contributed by atoms with Gasteiger partial charge in [0, 0.05) is 6.07 Å². The molecule has 8 nitrogen and oxygen atoms in total. The number of sulfonamides is 1. The summed E-state index contributed by atoms with van der Waals surface area (Å²) in [5.74, 6) is -0.379. The van der Waals surface area contributed by atoms with E-state index in [0.717, 1.165) is 10.6 Å². The van der Waals surface area contributed by atoms with Crippen molar-refractivity contribution in [2.24, 2.45) is 0 Å². The van der Waals surface area contributed by atoms with E-state index in [1.807, 2.05) is 0 Å². The molecular formula is C19H21N3O5S. The van der Waals surface area contributed by atoms with Crippen molar-refractivity contribution in [1.29, 1.82) is 0 Å². The van der Waals surface area contributed by atoms with Crippen molar-refractivity contribution in [1.82, 2.24) is 0 Å². The first-order valence-corrected chi connectivity index (χ1v) is 10.4. The third-order valence-corrected chi connectivity index (χ3v) is 5.65. The molecular weight excluding hydrogens is 382 g/mol. The summed E-state index contributed by atoms with van der Waals surface area (Å²) in [7, 11) is -2.31. The molecule has 0 saturated heterocycles. The highest BCUT2D eigenvalue weighted by Crippen LogP contribution is 2.31. The predicted molar refractivity (Wildman–Crippen MR) is 107 cm³/mol. The van der Waals surface area contributed by atoms with Gasteiger partial charge in [0.2, 0.25) is 15.9 Å². The number of hydrogen-bond donors (Lipinski definition) is 1. The van der Waals surface area contributed by atoms with Crippen molar-refractivity contribution in [2.75, 3.05) is 34.4 Å². The molecule has 0 bridgehead atoms. The molecule has 0 aliphatic carbocycles. The van der Waals surface area contributed by atoms with Crippen LogP contribution >= 0.6 is 0 Å². The maximum atomic E-state index is 13.2. The molecule has 3 rings (SSSR count). The lowest BCUT2D eigenvalue weighted by Gasteiger charge is -2.35. The number of benzene rings is 2. The molecule has 0 spiro atoms. The van der Waals surface area contributed by atoms with Crippen molar-refractivity contribution in [3.63, 3.8) is 0 Å². The van der Waals surface area contributed by atoms with Crippen molar-refractivity contribution in [3.05, 3.63) is 48.5 Å². The van der Waals surface area contributed by atoms with Crippen LogP contribution in [0.5, 0.6) is 5.75 Å². The van der Waals surface area contributed by atoms with Crippen LogP contribution in [-0.4, -0.2) is 46.2 Å². The van der Waals surface area contributed by atoms with E-state index < -0.39 is 22.0 Å². The fourth-order valence-corrected chi connectivity index (χ4v) is 4.37. The largest absolute Gasteiger partial charge is 0.497 e. The van der Waals surface area contributed by atoms with Gasteiger partial charge in [-0.05, 0) is 31.2 Å². The zero-order valence-electron chi connectivity index (χ0n) is 15.7. The van der Waals surface area contributed by atoms with Crippen molar-refractivity contribution in [2.45, 2.75) is 13.0 Å². The van der Waals surface area contributed by atoms with E-state index in [4.69, 9.17) is 4.74 Å². The predicted octanol–water partition coefficient (Wildman–Crippen LogP) is 1.83. The Morgan fingerprint density at radius 3 is 2.61 bits per heavy atom. The van der Waals surface area contributed by atoms with Gasteiger partial charge in [-0.15, -0.1) is 0 Å². The molecule has 1 atom stereocenters. The zero-order chi connectivity index (χ0) is 20.5. The Kier molecular flexibility index (Phi) is 5.28. The highest BCUT2D eigenvalue weighted by atomic mass is 32.2. The summed E-state index contributed by atoms with van der Waals surface area (Å²) >= 11 is 0. The number of anilines is 3. The Bertz CT molecular complexity index is 1020. The molecule has 9 heteroatoms. The van der Waals surface area contributed by atoms with Gasteiger partial charge in [0.15, 0.2) is 0 Å². The minimum absolute atomic E-state index is 0.185. The van der Waals surface area contributed by atoms with E-state index >= 15 is 0 Å². The van der Waals surface area contributed by atoms with Gasteiger partial charge >= 0.3 is 0 Å². The van der Waals surface area contributed by atoms with Crippen LogP contribution in [-0.2, 0) is 19.6 Å². The number of methoxy groups -OCH3 is 1. The lowest BCUT2D eigenvalue weighted by Crippen LogP contribution is -2.52. The number of carbonyl (C=O) groups is 2. The first-order chi connectivity index (χ1) is 13.2. The number of fused-ring (bicyclic) bond motifs is 1. The first-order valence-electron chi connectivity index (χ1n) is 8.56. The van der Waals surface area contributed by atoms with E-state index in [9.17, 15) is 18.0 Å². The molecule has 0 aromatic heterocycles. The van der Waals surface area contributed by atoms with Crippen LogP contribution in [0.2, 0.25) is 0 Å². The Morgan fingerprint density at radius 1 is 1.21 bits per heavy atom. The number of rotatable bonds is 5. The van der Waals surface area contributed by atoms with Crippen LogP contribution in [0, 0.1) is 0 Å². The normalized spacial score (nSPS) is 14.7. The lowest BCUT2D eigenvalue weighted by atomic mass is 10.1. The van der Waals surface area contributed by atoms with Gasteiger partial charge in [-0.1, -0.05) is 18.2 Å². The molecule has 1 aliphatic heterocycles.